The molecular weight excluding hydrogens is 487 g/mol. The maximum absolute atomic E-state index is 12.8. The Bertz CT molecular complexity index is 988. The van der Waals surface area contributed by atoms with E-state index in [-0.39, 0.29) is 5.91 Å². The Kier molecular flexibility index (Phi) is 5.77. The summed E-state index contributed by atoms with van der Waals surface area (Å²) in [5, 5.41) is 9.37. The first-order chi connectivity index (χ1) is 13.6. The SMILES string of the molecule is O=C(c1ccccc1I)N1CCN(c2ccc(-c3ccccc3Cl)nn2)CC1. The Morgan fingerprint density at radius 1 is 0.893 bits per heavy atom. The third kappa shape index (κ3) is 3.98. The first kappa shape index (κ1) is 19.1. The van der Waals surface area contributed by atoms with Crippen molar-refractivity contribution >= 4 is 45.9 Å². The lowest BCUT2D eigenvalue weighted by atomic mass is 10.1. The summed E-state index contributed by atoms with van der Waals surface area (Å²) in [5.41, 5.74) is 2.39. The molecule has 1 aliphatic rings. The van der Waals surface area contributed by atoms with Gasteiger partial charge in [-0.3, -0.25) is 4.79 Å². The van der Waals surface area contributed by atoms with Gasteiger partial charge in [0.1, 0.15) is 0 Å². The number of hydrogen-bond acceptors (Lipinski definition) is 4. The molecule has 1 saturated heterocycles. The van der Waals surface area contributed by atoms with Gasteiger partial charge < -0.3 is 9.80 Å². The molecule has 3 aromatic rings. The fraction of sp³-hybridized carbons (Fsp3) is 0.190. The van der Waals surface area contributed by atoms with Crippen molar-refractivity contribution in [2.45, 2.75) is 0 Å². The van der Waals surface area contributed by atoms with E-state index in [1.54, 1.807) is 0 Å². The molecule has 0 N–H and O–H groups in total. The zero-order chi connectivity index (χ0) is 19.5. The fourth-order valence-corrected chi connectivity index (χ4v) is 4.10. The number of anilines is 1. The van der Waals surface area contributed by atoms with Crippen molar-refractivity contribution in [3.63, 3.8) is 0 Å². The first-order valence-electron chi connectivity index (χ1n) is 9.01. The van der Waals surface area contributed by atoms with E-state index in [0.29, 0.717) is 18.1 Å². The molecule has 1 aliphatic heterocycles. The minimum absolute atomic E-state index is 0.0878. The van der Waals surface area contributed by atoms with Crippen LogP contribution in [0.2, 0.25) is 5.02 Å². The van der Waals surface area contributed by atoms with Gasteiger partial charge in [-0.2, -0.15) is 0 Å². The van der Waals surface area contributed by atoms with Crippen LogP contribution >= 0.6 is 34.2 Å². The molecule has 1 aromatic heterocycles. The van der Waals surface area contributed by atoms with Crippen molar-refractivity contribution in [2.24, 2.45) is 0 Å². The third-order valence-corrected chi connectivity index (χ3v) is 6.07. The maximum atomic E-state index is 12.8. The molecule has 0 saturated carbocycles. The zero-order valence-corrected chi connectivity index (χ0v) is 18.0. The number of carbonyl (C=O) groups excluding carboxylic acids is 1. The minimum atomic E-state index is 0.0878. The Balaban J connectivity index is 1.42. The van der Waals surface area contributed by atoms with Crippen LogP contribution in [-0.2, 0) is 0 Å². The van der Waals surface area contributed by atoms with E-state index in [1.165, 1.54) is 0 Å². The molecule has 2 heterocycles. The average molecular weight is 505 g/mol. The number of hydrogen-bond donors (Lipinski definition) is 0. The number of nitrogens with zero attached hydrogens (tertiary/aromatic N) is 4. The quantitative estimate of drug-likeness (QED) is 0.497. The molecule has 2 aromatic carbocycles. The molecular formula is C21H18ClIN4O. The van der Waals surface area contributed by atoms with Crippen molar-refractivity contribution < 1.29 is 4.79 Å². The van der Waals surface area contributed by atoms with Crippen molar-refractivity contribution in [2.75, 3.05) is 31.1 Å². The van der Waals surface area contributed by atoms with Gasteiger partial charge in [-0.15, -0.1) is 10.2 Å². The molecule has 0 bridgehead atoms. The topological polar surface area (TPSA) is 49.3 Å². The standard InChI is InChI=1S/C21H18ClIN4O/c22-17-7-3-1-5-15(17)19-9-10-20(25-24-19)26-11-13-27(14-12-26)21(28)16-6-2-4-8-18(16)23/h1-10H,11-14H2. The molecule has 142 valence electrons. The van der Waals surface area contributed by atoms with Crippen molar-refractivity contribution in [1.29, 1.82) is 0 Å². The van der Waals surface area contributed by atoms with Crippen LogP contribution in [0, 0.1) is 3.57 Å². The molecule has 1 fully saturated rings. The smallest absolute Gasteiger partial charge is 0.255 e. The predicted molar refractivity (Wildman–Crippen MR) is 120 cm³/mol. The van der Waals surface area contributed by atoms with Crippen LogP contribution < -0.4 is 4.90 Å². The number of benzene rings is 2. The lowest BCUT2D eigenvalue weighted by Gasteiger charge is -2.35. The molecule has 28 heavy (non-hydrogen) atoms. The molecule has 4 rings (SSSR count). The molecule has 7 heteroatoms. The number of amides is 1. The number of aromatic nitrogens is 2. The lowest BCUT2D eigenvalue weighted by Crippen LogP contribution is -2.49. The highest BCUT2D eigenvalue weighted by Crippen LogP contribution is 2.26. The summed E-state index contributed by atoms with van der Waals surface area (Å²) in [6.07, 6.45) is 0. The lowest BCUT2D eigenvalue weighted by molar-refractivity contribution is 0.0745. The minimum Gasteiger partial charge on any atom is -0.352 e. The highest BCUT2D eigenvalue weighted by Gasteiger charge is 2.24. The summed E-state index contributed by atoms with van der Waals surface area (Å²) in [4.78, 5) is 16.8. The van der Waals surface area contributed by atoms with E-state index in [0.717, 1.165) is 39.3 Å². The molecule has 0 unspecified atom stereocenters. The second kappa shape index (κ2) is 8.45. The number of carbonyl (C=O) groups is 1. The highest BCUT2D eigenvalue weighted by atomic mass is 127. The predicted octanol–water partition coefficient (Wildman–Crippen LogP) is 4.36. The van der Waals surface area contributed by atoms with Gasteiger partial charge in [-0.25, -0.2) is 0 Å². The van der Waals surface area contributed by atoms with Crippen LogP contribution in [-0.4, -0.2) is 47.2 Å². The summed E-state index contributed by atoms with van der Waals surface area (Å²) in [6.45, 7) is 2.79. The summed E-state index contributed by atoms with van der Waals surface area (Å²) in [5.74, 6) is 0.905. The van der Waals surface area contributed by atoms with E-state index in [4.69, 9.17) is 11.6 Å². The van der Waals surface area contributed by atoms with Gasteiger partial charge in [0.05, 0.1) is 16.3 Å². The number of piperazine rings is 1. The summed E-state index contributed by atoms with van der Waals surface area (Å²) < 4.78 is 0.980. The highest BCUT2D eigenvalue weighted by molar-refractivity contribution is 14.1. The average Bonchev–Trinajstić information content (AvgIpc) is 2.74. The van der Waals surface area contributed by atoms with Crippen molar-refractivity contribution in [3.05, 3.63) is 74.8 Å². The molecule has 0 spiro atoms. The van der Waals surface area contributed by atoms with Crippen molar-refractivity contribution in [1.82, 2.24) is 15.1 Å². The Morgan fingerprint density at radius 2 is 1.61 bits per heavy atom. The van der Waals surface area contributed by atoms with Crippen LogP contribution in [0.4, 0.5) is 5.82 Å². The van der Waals surface area contributed by atoms with Crippen LogP contribution in [0.5, 0.6) is 0 Å². The van der Waals surface area contributed by atoms with Gasteiger partial charge >= 0.3 is 0 Å². The number of halogens is 2. The normalized spacial score (nSPS) is 14.2. The Morgan fingerprint density at radius 3 is 2.29 bits per heavy atom. The molecule has 0 aliphatic carbocycles. The first-order valence-corrected chi connectivity index (χ1v) is 10.5. The van der Waals surface area contributed by atoms with E-state index in [1.807, 2.05) is 65.6 Å². The van der Waals surface area contributed by atoms with Crippen LogP contribution in [0.15, 0.2) is 60.7 Å². The number of rotatable bonds is 3. The second-order valence-electron chi connectivity index (χ2n) is 6.52. The van der Waals surface area contributed by atoms with E-state index in [2.05, 4.69) is 37.7 Å². The molecule has 0 radical (unpaired) electrons. The van der Waals surface area contributed by atoms with Crippen LogP contribution in [0.3, 0.4) is 0 Å². The van der Waals surface area contributed by atoms with Gasteiger partial charge in [0.15, 0.2) is 5.82 Å². The van der Waals surface area contributed by atoms with Gasteiger partial charge in [-0.1, -0.05) is 41.9 Å². The van der Waals surface area contributed by atoms with Gasteiger partial charge in [0, 0.05) is 35.3 Å². The van der Waals surface area contributed by atoms with E-state index in [9.17, 15) is 4.79 Å². The second-order valence-corrected chi connectivity index (χ2v) is 8.09. The molecule has 0 atom stereocenters. The molecule has 1 amide bonds. The third-order valence-electron chi connectivity index (χ3n) is 4.80. The van der Waals surface area contributed by atoms with E-state index >= 15 is 0 Å². The summed E-state index contributed by atoms with van der Waals surface area (Å²) in [7, 11) is 0. The summed E-state index contributed by atoms with van der Waals surface area (Å²) >= 11 is 8.45. The van der Waals surface area contributed by atoms with Crippen LogP contribution in [0.1, 0.15) is 10.4 Å². The van der Waals surface area contributed by atoms with Crippen LogP contribution in [0.25, 0.3) is 11.3 Å². The Hall–Kier alpha value is -2.19. The molecule has 5 nitrogen and oxygen atoms in total. The Labute approximate surface area is 182 Å². The monoisotopic (exact) mass is 504 g/mol. The van der Waals surface area contributed by atoms with Gasteiger partial charge in [0.2, 0.25) is 0 Å². The zero-order valence-electron chi connectivity index (χ0n) is 15.1. The fourth-order valence-electron chi connectivity index (χ4n) is 3.25. The van der Waals surface area contributed by atoms with Gasteiger partial charge in [0.25, 0.3) is 5.91 Å². The summed E-state index contributed by atoms with van der Waals surface area (Å²) in [6, 6.07) is 19.2. The largest absolute Gasteiger partial charge is 0.352 e. The van der Waals surface area contributed by atoms with Gasteiger partial charge in [-0.05, 0) is 52.9 Å². The van der Waals surface area contributed by atoms with Crippen molar-refractivity contribution in [3.8, 4) is 11.3 Å². The van der Waals surface area contributed by atoms with E-state index < -0.39 is 0 Å². The maximum Gasteiger partial charge on any atom is 0.255 e.